The summed E-state index contributed by atoms with van der Waals surface area (Å²) in [5.41, 5.74) is 0. The van der Waals surface area contributed by atoms with Gasteiger partial charge in [0.15, 0.2) is 0 Å². The van der Waals surface area contributed by atoms with E-state index < -0.39 is 0 Å². The van der Waals surface area contributed by atoms with E-state index >= 15 is 0 Å². The molecule has 0 fully saturated rings. The predicted molar refractivity (Wildman–Crippen MR) is 40.3 cm³/mol. The second kappa shape index (κ2) is 5.83. The normalized spacial score (nSPS) is 24.6. The first-order valence-electron chi connectivity index (χ1n) is 3.72. The Morgan fingerprint density at radius 3 is 2.22 bits per heavy atom. The van der Waals surface area contributed by atoms with Crippen LogP contribution in [0.15, 0.2) is 12.2 Å². The van der Waals surface area contributed by atoms with Crippen LogP contribution in [0, 0.1) is 0 Å². The third-order valence-corrected chi connectivity index (χ3v) is 1.24. The van der Waals surface area contributed by atoms with Crippen LogP contribution in [0.5, 0.6) is 0 Å². The summed E-state index contributed by atoms with van der Waals surface area (Å²) in [5.74, 6) is 0. The minimum Gasteiger partial charge on any atom is -0.393 e. The first-order valence-corrected chi connectivity index (χ1v) is 3.72. The molecule has 0 spiro atoms. The van der Waals surface area contributed by atoms with Crippen LogP contribution in [-0.4, -0.2) is 11.2 Å². The quantitative estimate of drug-likeness (QED) is 0.495. The van der Waals surface area contributed by atoms with E-state index in [1.807, 2.05) is 19.9 Å². The highest BCUT2D eigenvalue weighted by Gasteiger charge is 2.02. The van der Waals surface area contributed by atoms with Crippen molar-refractivity contribution in [3.05, 3.63) is 12.2 Å². The standard InChI is InChI=1S/C6H10O.C2H6/c7-6-4-2-1-3-5-6;1-2/h1-2,6-7H,3-5H2;1-2H3. The first-order chi connectivity index (χ1) is 4.39. The summed E-state index contributed by atoms with van der Waals surface area (Å²) in [6.45, 7) is 4.00. The van der Waals surface area contributed by atoms with E-state index in [0.717, 1.165) is 19.3 Å². The van der Waals surface area contributed by atoms with Crippen LogP contribution in [0.2, 0.25) is 0 Å². The van der Waals surface area contributed by atoms with Crippen LogP contribution in [-0.2, 0) is 0 Å². The molecule has 9 heavy (non-hydrogen) atoms. The van der Waals surface area contributed by atoms with Crippen molar-refractivity contribution in [1.29, 1.82) is 0 Å². The SMILES string of the molecule is CC.OC1CC=CCC1. The van der Waals surface area contributed by atoms with Crippen LogP contribution in [0.3, 0.4) is 0 Å². The van der Waals surface area contributed by atoms with Crippen molar-refractivity contribution >= 4 is 0 Å². The monoisotopic (exact) mass is 128 g/mol. The van der Waals surface area contributed by atoms with Gasteiger partial charge in [-0.3, -0.25) is 0 Å². The Labute approximate surface area is 57.4 Å². The molecule has 1 aliphatic carbocycles. The Morgan fingerprint density at radius 2 is 2.00 bits per heavy atom. The van der Waals surface area contributed by atoms with Crippen molar-refractivity contribution in [3.63, 3.8) is 0 Å². The number of aliphatic hydroxyl groups excluding tert-OH is 1. The van der Waals surface area contributed by atoms with Crippen molar-refractivity contribution in [1.82, 2.24) is 0 Å². The summed E-state index contributed by atoms with van der Waals surface area (Å²) in [6, 6.07) is 0. The first kappa shape index (κ1) is 8.70. The van der Waals surface area contributed by atoms with Crippen molar-refractivity contribution < 1.29 is 5.11 Å². The highest BCUT2D eigenvalue weighted by atomic mass is 16.3. The minimum absolute atomic E-state index is 0.0509. The van der Waals surface area contributed by atoms with Crippen LogP contribution < -0.4 is 0 Å². The van der Waals surface area contributed by atoms with Gasteiger partial charge in [-0.15, -0.1) is 0 Å². The van der Waals surface area contributed by atoms with Gasteiger partial charge in [-0.25, -0.2) is 0 Å². The van der Waals surface area contributed by atoms with E-state index in [-0.39, 0.29) is 6.10 Å². The zero-order chi connectivity index (χ0) is 7.11. The Balaban J connectivity index is 0.000000291. The maximum absolute atomic E-state index is 8.86. The fourth-order valence-electron chi connectivity index (χ4n) is 0.778. The lowest BCUT2D eigenvalue weighted by atomic mass is 10.1. The summed E-state index contributed by atoms with van der Waals surface area (Å²) in [7, 11) is 0. The average Bonchev–Trinajstić information content (AvgIpc) is 1.94. The molecule has 1 aliphatic rings. The van der Waals surface area contributed by atoms with Crippen LogP contribution in [0.1, 0.15) is 33.1 Å². The lowest BCUT2D eigenvalue weighted by molar-refractivity contribution is 0.164. The Kier molecular flexibility index (Phi) is 5.64. The average molecular weight is 128 g/mol. The van der Waals surface area contributed by atoms with Gasteiger partial charge in [-0.1, -0.05) is 26.0 Å². The van der Waals surface area contributed by atoms with E-state index in [0.29, 0.717) is 0 Å². The molecule has 0 aromatic carbocycles. The number of aliphatic hydroxyl groups is 1. The molecule has 54 valence electrons. The molecule has 0 radical (unpaired) electrons. The number of hydrogen-bond donors (Lipinski definition) is 1. The molecule has 0 saturated carbocycles. The zero-order valence-electron chi connectivity index (χ0n) is 6.30. The summed E-state index contributed by atoms with van der Waals surface area (Å²) >= 11 is 0. The van der Waals surface area contributed by atoms with Gasteiger partial charge in [0.05, 0.1) is 6.10 Å². The molecule has 1 N–H and O–H groups in total. The summed E-state index contributed by atoms with van der Waals surface area (Å²) in [5, 5.41) is 8.86. The molecular weight excluding hydrogens is 112 g/mol. The van der Waals surface area contributed by atoms with Gasteiger partial charge in [0, 0.05) is 0 Å². The highest BCUT2D eigenvalue weighted by Crippen LogP contribution is 2.08. The zero-order valence-corrected chi connectivity index (χ0v) is 6.30. The smallest absolute Gasteiger partial charge is 0.0577 e. The molecule has 1 unspecified atom stereocenters. The molecule has 0 amide bonds. The highest BCUT2D eigenvalue weighted by molar-refractivity contribution is 4.89. The van der Waals surface area contributed by atoms with Gasteiger partial charge in [0.2, 0.25) is 0 Å². The maximum atomic E-state index is 8.86. The molecule has 0 saturated heterocycles. The second-order valence-corrected chi connectivity index (χ2v) is 1.94. The molecule has 0 bridgehead atoms. The minimum atomic E-state index is -0.0509. The fourth-order valence-corrected chi connectivity index (χ4v) is 0.778. The molecule has 1 nitrogen and oxygen atoms in total. The van der Waals surface area contributed by atoms with Crippen molar-refractivity contribution in [3.8, 4) is 0 Å². The number of rotatable bonds is 0. The Hall–Kier alpha value is -0.300. The second-order valence-electron chi connectivity index (χ2n) is 1.94. The van der Waals surface area contributed by atoms with Crippen LogP contribution in [0.4, 0.5) is 0 Å². The van der Waals surface area contributed by atoms with Crippen molar-refractivity contribution in [2.75, 3.05) is 0 Å². The summed E-state index contributed by atoms with van der Waals surface area (Å²) in [4.78, 5) is 0. The number of hydrogen-bond acceptors (Lipinski definition) is 1. The lowest BCUT2D eigenvalue weighted by Crippen LogP contribution is -2.06. The molecule has 0 aromatic rings. The molecule has 1 atom stereocenters. The maximum Gasteiger partial charge on any atom is 0.0577 e. The molecule has 0 aromatic heterocycles. The van der Waals surface area contributed by atoms with Gasteiger partial charge in [-0.2, -0.15) is 0 Å². The van der Waals surface area contributed by atoms with Crippen molar-refractivity contribution in [2.45, 2.75) is 39.2 Å². The van der Waals surface area contributed by atoms with Gasteiger partial charge >= 0.3 is 0 Å². The summed E-state index contributed by atoms with van der Waals surface area (Å²) in [6.07, 6.45) is 6.98. The molecule has 0 aliphatic heterocycles. The third-order valence-electron chi connectivity index (χ3n) is 1.24. The Bertz CT molecular complexity index is 76.6. The molecule has 1 heteroatoms. The van der Waals surface area contributed by atoms with E-state index in [4.69, 9.17) is 5.11 Å². The molecular formula is C8H16O. The van der Waals surface area contributed by atoms with E-state index in [9.17, 15) is 0 Å². The van der Waals surface area contributed by atoms with Gasteiger partial charge < -0.3 is 5.11 Å². The van der Waals surface area contributed by atoms with E-state index in [1.54, 1.807) is 0 Å². The van der Waals surface area contributed by atoms with E-state index in [1.165, 1.54) is 0 Å². The number of allylic oxidation sites excluding steroid dienone is 1. The topological polar surface area (TPSA) is 20.2 Å². The van der Waals surface area contributed by atoms with Crippen LogP contribution in [0.25, 0.3) is 0 Å². The van der Waals surface area contributed by atoms with Crippen molar-refractivity contribution in [2.24, 2.45) is 0 Å². The third kappa shape index (κ3) is 4.22. The lowest BCUT2D eigenvalue weighted by Gasteiger charge is -2.08. The molecule has 1 rings (SSSR count). The van der Waals surface area contributed by atoms with Crippen LogP contribution >= 0.6 is 0 Å². The fraction of sp³-hybridized carbons (Fsp3) is 0.750. The van der Waals surface area contributed by atoms with Gasteiger partial charge in [0.1, 0.15) is 0 Å². The summed E-state index contributed by atoms with van der Waals surface area (Å²) < 4.78 is 0. The Morgan fingerprint density at radius 1 is 1.33 bits per heavy atom. The van der Waals surface area contributed by atoms with Gasteiger partial charge in [-0.05, 0) is 19.3 Å². The van der Waals surface area contributed by atoms with Gasteiger partial charge in [0.25, 0.3) is 0 Å². The van der Waals surface area contributed by atoms with E-state index in [2.05, 4.69) is 6.08 Å². The largest absolute Gasteiger partial charge is 0.393 e. The molecule has 0 heterocycles. The predicted octanol–water partition coefficient (Wildman–Crippen LogP) is 2.11.